The molecule has 0 radical (unpaired) electrons. The third-order valence-corrected chi connectivity index (χ3v) is 6.09. The van der Waals surface area contributed by atoms with Gasteiger partial charge in [0.2, 0.25) is 5.91 Å². The Kier molecular flexibility index (Phi) is 7.33. The molecule has 1 unspecified atom stereocenters. The lowest BCUT2D eigenvalue weighted by atomic mass is 10.2. The van der Waals surface area contributed by atoms with E-state index < -0.39 is 6.10 Å². The molecule has 1 amide bonds. The molecule has 4 rings (SSSR count). The number of thioether (sulfide) groups is 1. The summed E-state index contributed by atoms with van der Waals surface area (Å²) in [5.41, 5.74) is 1.12. The van der Waals surface area contributed by atoms with Crippen LogP contribution in [0.3, 0.4) is 0 Å². The summed E-state index contributed by atoms with van der Waals surface area (Å²) in [5.74, 6) is 1.54. The Morgan fingerprint density at radius 1 is 1.06 bits per heavy atom. The van der Waals surface area contributed by atoms with E-state index in [4.69, 9.17) is 13.9 Å². The van der Waals surface area contributed by atoms with E-state index in [1.165, 1.54) is 36.0 Å². The maximum atomic E-state index is 13.0. The summed E-state index contributed by atoms with van der Waals surface area (Å²) in [6.07, 6.45) is -0.501. The molecule has 174 valence electrons. The average Bonchev–Trinajstić information content (AvgIpc) is 3.33. The van der Waals surface area contributed by atoms with Gasteiger partial charge in [-0.1, -0.05) is 11.8 Å². The van der Waals surface area contributed by atoms with Crippen molar-refractivity contribution in [2.24, 2.45) is 0 Å². The number of rotatable bonds is 8. The van der Waals surface area contributed by atoms with Gasteiger partial charge in [0.15, 0.2) is 6.10 Å². The van der Waals surface area contributed by atoms with Crippen LogP contribution in [0.15, 0.2) is 58.2 Å². The van der Waals surface area contributed by atoms with Crippen molar-refractivity contribution in [3.8, 4) is 11.5 Å². The molecule has 33 heavy (non-hydrogen) atoms. The second-order valence-corrected chi connectivity index (χ2v) is 8.40. The van der Waals surface area contributed by atoms with Crippen molar-refractivity contribution in [3.63, 3.8) is 0 Å². The molecule has 1 aliphatic rings. The van der Waals surface area contributed by atoms with Crippen LogP contribution in [-0.4, -0.2) is 60.0 Å². The van der Waals surface area contributed by atoms with E-state index in [0.717, 1.165) is 24.5 Å². The fourth-order valence-electron chi connectivity index (χ4n) is 3.43. The highest BCUT2D eigenvalue weighted by atomic mass is 32.2. The Morgan fingerprint density at radius 2 is 1.73 bits per heavy atom. The highest BCUT2D eigenvalue weighted by molar-refractivity contribution is 7.99. The first kappa shape index (κ1) is 22.9. The molecule has 2 heterocycles. The molecule has 0 saturated carbocycles. The number of anilines is 1. The fourth-order valence-corrected chi connectivity index (χ4v) is 4.10. The molecular weight excluding hydrogens is 447 g/mol. The lowest BCUT2D eigenvalue weighted by Gasteiger charge is -2.36. The summed E-state index contributed by atoms with van der Waals surface area (Å²) in [7, 11) is 1.65. The van der Waals surface area contributed by atoms with Crippen LogP contribution in [0, 0.1) is 5.82 Å². The zero-order chi connectivity index (χ0) is 23.2. The molecule has 1 aliphatic heterocycles. The first-order valence-corrected chi connectivity index (χ1v) is 11.6. The highest BCUT2D eigenvalue weighted by Gasteiger charge is 2.23. The van der Waals surface area contributed by atoms with Crippen molar-refractivity contribution in [2.75, 3.05) is 43.9 Å². The standard InChI is InChI=1S/C23H25FN4O4S/c1-16(31-20-7-3-17(24)4-8-20)22-25-26-23(32-22)33-15-21(29)28-13-11-27(12-14-28)18-5-9-19(30-2)10-6-18/h3-10,16H,11-15H2,1-2H3. The molecule has 0 aliphatic carbocycles. The minimum atomic E-state index is -0.501. The van der Waals surface area contributed by atoms with Gasteiger partial charge in [-0.15, -0.1) is 10.2 Å². The summed E-state index contributed by atoms with van der Waals surface area (Å²) in [6.45, 7) is 4.61. The van der Waals surface area contributed by atoms with E-state index in [0.29, 0.717) is 30.0 Å². The summed E-state index contributed by atoms with van der Waals surface area (Å²) in [4.78, 5) is 16.7. The molecule has 1 atom stereocenters. The van der Waals surface area contributed by atoms with Crippen molar-refractivity contribution >= 4 is 23.4 Å². The number of ether oxygens (including phenoxy) is 2. The lowest BCUT2D eigenvalue weighted by molar-refractivity contribution is -0.128. The van der Waals surface area contributed by atoms with Crippen LogP contribution >= 0.6 is 11.8 Å². The molecule has 0 N–H and O–H groups in total. The van der Waals surface area contributed by atoms with Crippen LogP contribution < -0.4 is 14.4 Å². The molecular formula is C23H25FN4O4S. The summed E-state index contributed by atoms with van der Waals surface area (Å²) in [5, 5.41) is 8.30. The van der Waals surface area contributed by atoms with E-state index >= 15 is 0 Å². The van der Waals surface area contributed by atoms with Gasteiger partial charge in [0.05, 0.1) is 12.9 Å². The smallest absolute Gasteiger partial charge is 0.277 e. The van der Waals surface area contributed by atoms with E-state index in [-0.39, 0.29) is 17.5 Å². The third-order valence-electron chi connectivity index (χ3n) is 5.29. The molecule has 0 bridgehead atoms. The Labute approximate surface area is 195 Å². The van der Waals surface area contributed by atoms with Gasteiger partial charge in [0, 0.05) is 31.9 Å². The first-order valence-electron chi connectivity index (χ1n) is 10.6. The number of aromatic nitrogens is 2. The highest BCUT2D eigenvalue weighted by Crippen LogP contribution is 2.25. The van der Waals surface area contributed by atoms with Gasteiger partial charge in [-0.2, -0.15) is 0 Å². The molecule has 3 aromatic rings. The topological polar surface area (TPSA) is 80.9 Å². The minimum absolute atomic E-state index is 0.0322. The van der Waals surface area contributed by atoms with Gasteiger partial charge in [-0.05, 0) is 55.5 Å². The molecule has 1 saturated heterocycles. The molecule has 2 aromatic carbocycles. The maximum Gasteiger partial charge on any atom is 0.277 e. The SMILES string of the molecule is COc1ccc(N2CCN(C(=O)CSc3nnc(C(C)Oc4ccc(F)cc4)o3)CC2)cc1. The van der Waals surface area contributed by atoms with Gasteiger partial charge in [0.25, 0.3) is 11.1 Å². The minimum Gasteiger partial charge on any atom is -0.497 e. The van der Waals surface area contributed by atoms with Crippen molar-refractivity contribution in [2.45, 2.75) is 18.3 Å². The number of carbonyl (C=O) groups is 1. The third kappa shape index (κ3) is 5.95. The number of methoxy groups -OCH3 is 1. The van der Waals surface area contributed by atoms with Gasteiger partial charge in [-0.25, -0.2) is 4.39 Å². The van der Waals surface area contributed by atoms with Crippen LogP contribution in [0.4, 0.5) is 10.1 Å². The number of hydrogen-bond acceptors (Lipinski definition) is 8. The van der Waals surface area contributed by atoms with E-state index in [1.807, 2.05) is 29.2 Å². The van der Waals surface area contributed by atoms with E-state index in [2.05, 4.69) is 15.1 Å². The summed E-state index contributed by atoms with van der Waals surface area (Å²) < 4.78 is 29.5. The van der Waals surface area contributed by atoms with E-state index in [9.17, 15) is 9.18 Å². The van der Waals surface area contributed by atoms with Crippen molar-refractivity contribution in [1.29, 1.82) is 0 Å². The Hall–Kier alpha value is -3.27. The second-order valence-electron chi connectivity index (χ2n) is 7.47. The number of halogens is 1. The zero-order valence-corrected chi connectivity index (χ0v) is 19.3. The lowest BCUT2D eigenvalue weighted by Crippen LogP contribution is -2.49. The number of nitrogens with zero attached hydrogens (tertiary/aromatic N) is 4. The van der Waals surface area contributed by atoms with Crippen LogP contribution in [0.5, 0.6) is 11.5 Å². The largest absolute Gasteiger partial charge is 0.497 e. The maximum absolute atomic E-state index is 13.0. The Balaban J connectivity index is 1.23. The van der Waals surface area contributed by atoms with Crippen molar-refractivity contribution < 1.29 is 23.1 Å². The normalized spacial score (nSPS) is 14.8. The number of benzene rings is 2. The molecule has 8 nitrogen and oxygen atoms in total. The quantitative estimate of drug-likeness (QED) is 0.458. The average molecular weight is 473 g/mol. The number of hydrogen-bond donors (Lipinski definition) is 0. The summed E-state index contributed by atoms with van der Waals surface area (Å²) >= 11 is 1.21. The van der Waals surface area contributed by atoms with Crippen LogP contribution in [0.2, 0.25) is 0 Å². The van der Waals surface area contributed by atoms with Crippen LogP contribution in [0.1, 0.15) is 18.9 Å². The van der Waals surface area contributed by atoms with E-state index in [1.54, 1.807) is 14.0 Å². The van der Waals surface area contributed by atoms with Crippen molar-refractivity contribution in [1.82, 2.24) is 15.1 Å². The van der Waals surface area contributed by atoms with Crippen LogP contribution in [-0.2, 0) is 4.79 Å². The predicted molar refractivity (Wildman–Crippen MR) is 122 cm³/mol. The fraction of sp³-hybridized carbons (Fsp3) is 0.348. The van der Waals surface area contributed by atoms with Gasteiger partial charge >= 0.3 is 0 Å². The first-order chi connectivity index (χ1) is 16.0. The Bertz CT molecular complexity index is 1050. The zero-order valence-electron chi connectivity index (χ0n) is 18.4. The summed E-state index contributed by atoms with van der Waals surface area (Å²) in [6, 6.07) is 13.6. The van der Waals surface area contributed by atoms with Gasteiger partial charge in [0.1, 0.15) is 17.3 Å². The molecule has 1 fully saturated rings. The predicted octanol–water partition coefficient (Wildman–Crippen LogP) is 3.80. The molecule has 0 spiro atoms. The Morgan fingerprint density at radius 3 is 2.39 bits per heavy atom. The number of piperazine rings is 1. The van der Waals surface area contributed by atoms with Crippen molar-refractivity contribution in [3.05, 3.63) is 60.2 Å². The van der Waals surface area contributed by atoms with Crippen LogP contribution in [0.25, 0.3) is 0 Å². The molecule has 10 heteroatoms. The number of amides is 1. The second kappa shape index (κ2) is 10.6. The number of carbonyl (C=O) groups excluding carboxylic acids is 1. The van der Waals surface area contributed by atoms with Gasteiger partial charge in [-0.3, -0.25) is 4.79 Å². The molecule has 1 aromatic heterocycles. The monoisotopic (exact) mass is 472 g/mol. The van der Waals surface area contributed by atoms with Gasteiger partial charge < -0.3 is 23.7 Å².